The van der Waals surface area contributed by atoms with Gasteiger partial charge in [-0.2, -0.15) is 14.9 Å². The summed E-state index contributed by atoms with van der Waals surface area (Å²) in [6.07, 6.45) is 4.28. The van der Waals surface area contributed by atoms with Gasteiger partial charge in [-0.25, -0.2) is 9.67 Å². The van der Waals surface area contributed by atoms with E-state index in [1.54, 1.807) is 18.0 Å². The Labute approximate surface area is 212 Å². The van der Waals surface area contributed by atoms with Gasteiger partial charge in [0.25, 0.3) is 0 Å². The van der Waals surface area contributed by atoms with Gasteiger partial charge in [-0.3, -0.25) is 4.79 Å². The average Bonchev–Trinajstić information content (AvgIpc) is 3.45. The van der Waals surface area contributed by atoms with E-state index < -0.39 is 13.7 Å². The summed E-state index contributed by atoms with van der Waals surface area (Å²) < 4.78 is 21.2. The Morgan fingerprint density at radius 1 is 1.25 bits per heavy atom. The number of Topliss-reactive ketones (excluding diaryl/α,β-unsaturated/α-hetero) is 1. The third-order valence-corrected chi connectivity index (χ3v) is 8.86. The second-order valence-corrected chi connectivity index (χ2v) is 16.7. The largest absolute Gasteiger partial charge is 0.377 e. The summed E-state index contributed by atoms with van der Waals surface area (Å²) in [5, 5.41) is 10.1. The Kier molecular flexibility index (Phi) is 6.75. The van der Waals surface area contributed by atoms with Crippen molar-refractivity contribution < 1.29 is 19.0 Å². The zero-order valence-electron chi connectivity index (χ0n) is 21.9. The second kappa shape index (κ2) is 9.69. The molecule has 0 amide bonds. The fourth-order valence-electron chi connectivity index (χ4n) is 4.91. The predicted molar refractivity (Wildman–Crippen MR) is 139 cm³/mol. The maximum Gasteiger partial charge on any atom is 0.167 e. The predicted octanol–water partition coefficient (Wildman–Crippen LogP) is 3.36. The summed E-state index contributed by atoms with van der Waals surface area (Å²) in [6, 6.07) is 5.26. The van der Waals surface area contributed by atoms with Crippen molar-refractivity contribution in [2.24, 2.45) is 0 Å². The summed E-state index contributed by atoms with van der Waals surface area (Å²) in [7, 11) is 0.500. The Hall–Kier alpha value is -2.60. The molecule has 194 valence electrons. The first-order valence-corrected chi connectivity index (χ1v) is 16.3. The van der Waals surface area contributed by atoms with Crippen molar-refractivity contribution in [3.8, 4) is 5.82 Å². The standard InChI is InChI=1S/C25H36N6O4Si/c1-18-16-34-9-8-29(18)22-12-21(25(33-2)13-19(32)14-25)20-15-27-31(24(20)28-22)23-6-7-26-30(23)17-35-10-11-36(3,4)5/h6-7,12,15,18H,8-11,13-14,16-17H2,1-5H3/t18-/m1/s1. The third kappa shape index (κ3) is 4.72. The molecule has 36 heavy (non-hydrogen) atoms. The lowest BCUT2D eigenvalue weighted by atomic mass is 9.73. The van der Waals surface area contributed by atoms with Gasteiger partial charge in [-0.15, -0.1) is 0 Å². The summed E-state index contributed by atoms with van der Waals surface area (Å²) in [5.41, 5.74) is 1.00. The molecule has 0 spiro atoms. The molecule has 0 bridgehead atoms. The van der Waals surface area contributed by atoms with Crippen molar-refractivity contribution >= 4 is 30.7 Å². The van der Waals surface area contributed by atoms with Gasteiger partial charge in [0, 0.05) is 58.2 Å². The van der Waals surface area contributed by atoms with Gasteiger partial charge in [-0.05, 0) is 19.0 Å². The number of nitrogens with zero attached hydrogens (tertiary/aromatic N) is 6. The Balaban J connectivity index is 1.55. The van der Waals surface area contributed by atoms with Crippen molar-refractivity contribution in [1.82, 2.24) is 24.5 Å². The molecular formula is C25H36N6O4Si. The highest BCUT2D eigenvalue weighted by Crippen LogP contribution is 2.45. The summed E-state index contributed by atoms with van der Waals surface area (Å²) in [4.78, 5) is 19.4. The molecule has 3 aromatic rings. The quantitative estimate of drug-likeness (QED) is 0.318. The molecule has 1 aliphatic carbocycles. The highest BCUT2D eigenvalue weighted by Gasteiger charge is 2.47. The minimum Gasteiger partial charge on any atom is -0.377 e. The van der Waals surface area contributed by atoms with Crippen LogP contribution in [0.4, 0.5) is 5.82 Å². The number of methoxy groups -OCH3 is 1. The molecule has 0 N–H and O–H groups in total. The molecule has 5 rings (SSSR count). The number of carbonyl (C=O) groups is 1. The molecular weight excluding hydrogens is 476 g/mol. The minimum absolute atomic E-state index is 0.180. The zero-order valence-corrected chi connectivity index (χ0v) is 22.9. The third-order valence-electron chi connectivity index (χ3n) is 7.16. The maximum absolute atomic E-state index is 12.1. The molecule has 1 atom stereocenters. The van der Waals surface area contributed by atoms with Crippen LogP contribution in [-0.4, -0.2) is 77.9 Å². The Bertz CT molecular complexity index is 1240. The number of hydrogen-bond acceptors (Lipinski definition) is 8. The second-order valence-electron chi connectivity index (χ2n) is 11.1. The number of morpholine rings is 1. The van der Waals surface area contributed by atoms with E-state index in [1.807, 2.05) is 16.9 Å². The van der Waals surface area contributed by atoms with Crippen LogP contribution in [0.25, 0.3) is 16.9 Å². The normalized spacial score (nSPS) is 20.2. The van der Waals surface area contributed by atoms with Crippen LogP contribution in [0.1, 0.15) is 25.3 Å². The molecule has 2 aliphatic rings. The van der Waals surface area contributed by atoms with Crippen LogP contribution in [0.5, 0.6) is 0 Å². The van der Waals surface area contributed by atoms with Crippen LogP contribution in [0, 0.1) is 0 Å². The average molecular weight is 513 g/mol. The molecule has 4 heterocycles. The van der Waals surface area contributed by atoms with Gasteiger partial charge >= 0.3 is 0 Å². The molecule has 1 saturated heterocycles. The Morgan fingerprint density at radius 2 is 2.06 bits per heavy atom. The van der Waals surface area contributed by atoms with E-state index in [1.165, 1.54) is 0 Å². The van der Waals surface area contributed by atoms with Crippen molar-refractivity contribution in [3.05, 3.63) is 30.1 Å². The number of hydrogen-bond donors (Lipinski definition) is 0. The van der Waals surface area contributed by atoms with E-state index in [-0.39, 0.29) is 11.8 Å². The summed E-state index contributed by atoms with van der Waals surface area (Å²) >= 11 is 0. The first-order valence-electron chi connectivity index (χ1n) is 12.6. The van der Waals surface area contributed by atoms with Gasteiger partial charge in [-0.1, -0.05) is 19.6 Å². The van der Waals surface area contributed by atoms with E-state index in [9.17, 15) is 4.79 Å². The van der Waals surface area contributed by atoms with E-state index in [0.29, 0.717) is 45.0 Å². The lowest BCUT2D eigenvalue weighted by molar-refractivity contribution is -0.148. The van der Waals surface area contributed by atoms with Crippen LogP contribution >= 0.6 is 0 Å². The first kappa shape index (κ1) is 25.1. The number of fused-ring (bicyclic) bond motifs is 1. The van der Waals surface area contributed by atoms with Crippen LogP contribution in [0.3, 0.4) is 0 Å². The van der Waals surface area contributed by atoms with Gasteiger partial charge in [0.05, 0.1) is 31.6 Å². The van der Waals surface area contributed by atoms with Gasteiger partial charge in [0.1, 0.15) is 23.9 Å². The van der Waals surface area contributed by atoms with E-state index >= 15 is 0 Å². The molecule has 2 fully saturated rings. The molecule has 1 saturated carbocycles. The van der Waals surface area contributed by atoms with Crippen molar-refractivity contribution in [2.45, 2.75) is 63.8 Å². The van der Waals surface area contributed by atoms with Crippen LogP contribution in [0.2, 0.25) is 25.7 Å². The summed E-state index contributed by atoms with van der Waals surface area (Å²) in [5.74, 6) is 1.81. The van der Waals surface area contributed by atoms with Crippen molar-refractivity contribution in [1.29, 1.82) is 0 Å². The van der Waals surface area contributed by atoms with Crippen molar-refractivity contribution in [3.63, 3.8) is 0 Å². The number of pyridine rings is 1. The molecule has 10 nitrogen and oxygen atoms in total. The molecule has 3 aromatic heterocycles. The Morgan fingerprint density at radius 3 is 2.75 bits per heavy atom. The number of ether oxygens (including phenoxy) is 3. The first-order chi connectivity index (χ1) is 17.2. The van der Waals surface area contributed by atoms with Crippen molar-refractivity contribution in [2.75, 3.05) is 38.4 Å². The fourth-order valence-corrected chi connectivity index (χ4v) is 5.67. The van der Waals surface area contributed by atoms with Gasteiger partial charge in [0.15, 0.2) is 11.5 Å². The highest BCUT2D eigenvalue weighted by atomic mass is 28.3. The smallest absolute Gasteiger partial charge is 0.167 e. The minimum atomic E-state index is -1.17. The number of rotatable bonds is 9. The highest BCUT2D eigenvalue weighted by molar-refractivity contribution is 6.76. The topological polar surface area (TPSA) is 96.5 Å². The summed E-state index contributed by atoms with van der Waals surface area (Å²) in [6.45, 7) is 12.2. The maximum atomic E-state index is 12.1. The van der Waals surface area contributed by atoms with Crippen LogP contribution < -0.4 is 4.90 Å². The number of aromatic nitrogens is 5. The van der Waals surface area contributed by atoms with E-state index in [4.69, 9.17) is 24.3 Å². The van der Waals surface area contributed by atoms with Crippen LogP contribution in [0.15, 0.2) is 24.5 Å². The number of anilines is 1. The molecule has 0 unspecified atom stereocenters. The monoisotopic (exact) mass is 512 g/mol. The zero-order chi connectivity index (χ0) is 25.5. The van der Waals surface area contributed by atoms with Crippen LogP contribution in [-0.2, 0) is 31.3 Å². The van der Waals surface area contributed by atoms with Gasteiger partial charge < -0.3 is 19.1 Å². The fraction of sp³-hybridized carbons (Fsp3) is 0.600. The van der Waals surface area contributed by atoms with E-state index in [0.717, 1.165) is 35.2 Å². The molecule has 0 aromatic carbocycles. The molecule has 0 radical (unpaired) electrons. The van der Waals surface area contributed by atoms with E-state index in [2.05, 4.69) is 42.6 Å². The molecule has 1 aliphatic heterocycles. The van der Waals surface area contributed by atoms with Gasteiger partial charge in [0.2, 0.25) is 0 Å². The lowest BCUT2D eigenvalue weighted by Crippen LogP contribution is -2.45. The number of carbonyl (C=O) groups excluding carboxylic acids is 1. The lowest BCUT2D eigenvalue weighted by Gasteiger charge is -2.41. The number of ketones is 1. The molecule has 11 heteroatoms. The SMILES string of the molecule is COC1(c2cc(N3CCOC[C@H]3C)nc3c2cnn3-c2ccnn2COCC[Si](C)(C)C)CC(=O)C1.